The highest BCUT2D eigenvalue weighted by atomic mass is 19.3. The average Bonchev–Trinajstić information content (AvgIpc) is 2.78. The summed E-state index contributed by atoms with van der Waals surface area (Å²) in [6.07, 6.45) is -4.13. The third-order valence-electron chi connectivity index (χ3n) is 5.47. The number of aromatic nitrogens is 3. The van der Waals surface area contributed by atoms with Crippen molar-refractivity contribution in [2.75, 3.05) is 36.6 Å². The molecule has 0 aliphatic carbocycles. The van der Waals surface area contributed by atoms with Crippen LogP contribution in [0.1, 0.15) is 48.3 Å². The minimum Gasteiger partial charge on any atom is -0.378 e. The number of rotatable bonds is 6. The molecule has 1 fully saturated rings. The molecule has 4 rings (SSSR count). The molecule has 11 heteroatoms. The molecule has 1 aliphatic rings. The Hall–Kier alpha value is -3.21. The second-order valence-electron chi connectivity index (χ2n) is 7.84. The highest BCUT2D eigenvalue weighted by molar-refractivity contribution is 5.88. The molecule has 1 atom stereocenters. The summed E-state index contributed by atoms with van der Waals surface area (Å²) in [4.78, 5) is 21.4. The predicted molar refractivity (Wildman–Crippen MR) is 116 cm³/mol. The summed E-state index contributed by atoms with van der Waals surface area (Å²) in [6.45, 7) is 5.38. The van der Waals surface area contributed by atoms with Crippen LogP contribution in [-0.4, -0.2) is 40.9 Å². The van der Waals surface area contributed by atoms with Crippen LogP contribution in [0.4, 0.5) is 23.4 Å². The van der Waals surface area contributed by atoms with E-state index in [9.17, 15) is 22.4 Å². The van der Waals surface area contributed by atoms with Crippen molar-refractivity contribution < 1.29 is 22.3 Å². The monoisotopic (exact) mass is 465 g/mol. The number of alkyl halides is 4. The Morgan fingerprint density at radius 3 is 2.18 bits per heavy atom. The van der Waals surface area contributed by atoms with Gasteiger partial charge in [0.15, 0.2) is 0 Å². The molecular weight excluding hydrogens is 442 g/mol. The molecule has 33 heavy (non-hydrogen) atoms. The third-order valence-corrected chi connectivity index (χ3v) is 5.47. The van der Waals surface area contributed by atoms with Gasteiger partial charge in [0.2, 0.25) is 0 Å². The Morgan fingerprint density at radius 2 is 1.58 bits per heavy atom. The number of hydrogen-bond donors (Lipinski definition) is 1. The van der Waals surface area contributed by atoms with Crippen LogP contribution >= 0.6 is 0 Å². The summed E-state index contributed by atoms with van der Waals surface area (Å²) >= 11 is 0. The molecule has 0 radical (unpaired) electrons. The molecule has 0 bridgehead atoms. The number of morpholine rings is 1. The van der Waals surface area contributed by atoms with Gasteiger partial charge in [0.1, 0.15) is 11.6 Å². The lowest BCUT2D eigenvalue weighted by atomic mass is 10.0. The number of anilines is 1. The van der Waals surface area contributed by atoms with Crippen LogP contribution in [0.5, 0.6) is 0 Å². The van der Waals surface area contributed by atoms with Gasteiger partial charge in [0.05, 0.1) is 37.2 Å². The second-order valence-corrected chi connectivity index (χ2v) is 7.84. The molecule has 0 spiro atoms. The molecule has 176 valence electrons. The highest BCUT2D eigenvalue weighted by Gasteiger charge is 2.20. The summed E-state index contributed by atoms with van der Waals surface area (Å²) in [5, 5.41) is 5.51. The first-order valence-corrected chi connectivity index (χ1v) is 10.4. The van der Waals surface area contributed by atoms with Crippen molar-refractivity contribution in [1.82, 2.24) is 14.6 Å². The van der Waals surface area contributed by atoms with Crippen LogP contribution < -0.4 is 15.9 Å². The molecule has 0 saturated carbocycles. The van der Waals surface area contributed by atoms with E-state index < -0.39 is 30.0 Å². The van der Waals surface area contributed by atoms with E-state index in [-0.39, 0.29) is 11.1 Å². The van der Waals surface area contributed by atoms with Crippen molar-refractivity contribution in [2.24, 2.45) is 0 Å². The van der Waals surface area contributed by atoms with Crippen LogP contribution in [0, 0.1) is 6.92 Å². The van der Waals surface area contributed by atoms with Crippen LogP contribution in [0.3, 0.4) is 0 Å². The lowest BCUT2D eigenvalue weighted by Gasteiger charge is -2.30. The Balaban J connectivity index is 1.74. The minimum absolute atomic E-state index is 0.257. The lowest BCUT2D eigenvalue weighted by Crippen LogP contribution is -2.48. The number of hydrogen-bond acceptors (Lipinski definition) is 6. The quantitative estimate of drug-likeness (QED) is 0.553. The van der Waals surface area contributed by atoms with Crippen LogP contribution in [0.25, 0.3) is 10.9 Å². The topological polar surface area (TPSA) is 72.3 Å². The normalized spacial score (nSPS) is 15.5. The molecule has 2 aromatic heterocycles. The zero-order valence-corrected chi connectivity index (χ0v) is 18.1. The summed E-state index contributed by atoms with van der Waals surface area (Å²) in [7, 11) is 0. The number of aryl methyl sites for hydroxylation is 1. The summed E-state index contributed by atoms with van der Waals surface area (Å²) in [6, 6.07) is 4.00. The van der Waals surface area contributed by atoms with Gasteiger partial charge in [-0.3, -0.25) is 4.79 Å². The zero-order valence-electron chi connectivity index (χ0n) is 18.1. The minimum atomic E-state index is -2.88. The Kier molecular flexibility index (Phi) is 6.50. The van der Waals surface area contributed by atoms with Crippen molar-refractivity contribution in [3.63, 3.8) is 0 Å². The lowest BCUT2D eigenvalue weighted by molar-refractivity contribution is 0.111. The van der Waals surface area contributed by atoms with Crippen LogP contribution in [0.2, 0.25) is 0 Å². The van der Waals surface area contributed by atoms with Gasteiger partial charge in [-0.1, -0.05) is 0 Å². The fraction of sp³-hybridized carbons (Fsp3) is 0.409. The summed E-state index contributed by atoms with van der Waals surface area (Å²) in [5.74, 6) is 0.767. The summed E-state index contributed by atoms with van der Waals surface area (Å²) in [5.41, 5.74) is -0.509. The first-order chi connectivity index (χ1) is 15.7. The number of benzene rings is 1. The van der Waals surface area contributed by atoms with Crippen molar-refractivity contribution in [3.05, 3.63) is 63.3 Å². The SMILES string of the molecule is Cc1nc(NC(C)c2cc(C(F)F)cc(C(F)F)c2)c2cn(N3CCOCC3)c(=O)cc2n1. The summed E-state index contributed by atoms with van der Waals surface area (Å²) < 4.78 is 59.9. The maximum atomic E-state index is 13.3. The molecule has 7 nitrogen and oxygen atoms in total. The Labute approximate surface area is 187 Å². The van der Waals surface area contributed by atoms with Gasteiger partial charge in [0.25, 0.3) is 18.4 Å². The largest absolute Gasteiger partial charge is 0.378 e. The predicted octanol–water partition coefficient (Wildman–Crippen LogP) is 4.12. The van der Waals surface area contributed by atoms with Gasteiger partial charge in [-0.05, 0) is 37.6 Å². The van der Waals surface area contributed by atoms with E-state index in [0.29, 0.717) is 48.8 Å². The number of pyridine rings is 1. The van der Waals surface area contributed by atoms with Crippen molar-refractivity contribution >= 4 is 16.7 Å². The van der Waals surface area contributed by atoms with Crippen LogP contribution in [0.15, 0.2) is 35.3 Å². The first-order valence-electron chi connectivity index (χ1n) is 10.4. The van der Waals surface area contributed by atoms with Gasteiger partial charge in [-0.25, -0.2) is 32.2 Å². The van der Waals surface area contributed by atoms with Crippen LogP contribution in [-0.2, 0) is 4.74 Å². The molecule has 1 N–H and O–H groups in total. The van der Waals surface area contributed by atoms with Gasteiger partial charge in [0, 0.05) is 29.4 Å². The van der Waals surface area contributed by atoms with Crippen molar-refractivity contribution in [3.8, 4) is 0 Å². The third kappa shape index (κ3) is 4.92. The number of nitrogens with zero attached hydrogens (tertiary/aromatic N) is 4. The molecular formula is C22H23F4N5O2. The molecule has 0 amide bonds. The maximum Gasteiger partial charge on any atom is 0.271 e. The van der Waals surface area contributed by atoms with Gasteiger partial charge >= 0.3 is 0 Å². The Bertz CT molecular complexity index is 1190. The van der Waals surface area contributed by atoms with E-state index >= 15 is 0 Å². The molecule has 1 unspecified atom stereocenters. The van der Waals surface area contributed by atoms with Crippen molar-refractivity contribution in [2.45, 2.75) is 32.7 Å². The fourth-order valence-electron chi connectivity index (χ4n) is 3.80. The first kappa shape index (κ1) is 23.0. The highest BCUT2D eigenvalue weighted by Crippen LogP contribution is 2.31. The molecule has 3 heterocycles. The molecule has 1 aliphatic heterocycles. The van der Waals surface area contributed by atoms with E-state index in [1.54, 1.807) is 20.0 Å². The maximum absolute atomic E-state index is 13.3. The number of fused-ring (bicyclic) bond motifs is 1. The van der Waals surface area contributed by atoms with Gasteiger partial charge < -0.3 is 15.1 Å². The average molecular weight is 465 g/mol. The van der Waals surface area contributed by atoms with E-state index in [4.69, 9.17) is 4.74 Å². The molecule has 1 aromatic carbocycles. The smallest absolute Gasteiger partial charge is 0.271 e. The number of ether oxygens (including phenoxy) is 1. The van der Waals surface area contributed by atoms with E-state index in [2.05, 4.69) is 15.3 Å². The number of nitrogens with one attached hydrogen (secondary N) is 1. The van der Waals surface area contributed by atoms with Crippen molar-refractivity contribution in [1.29, 1.82) is 0 Å². The second kappa shape index (κ2) is 9.34. The van der Waals surface area contributed by atoms with E-state index in [1.165, 1.54) is 22.9 Å². The van der Waals surface area contributed by atoms with Gasteiger partial charge in [-0.15, -0.1) is 0 Å². The fourth-order valence-corrected chi connectivity index (χ4v) is 3.80. The number of halogens is 4. The van der Waals surface area contributed by atoms with E-state index in [1.807, 2.05) is 5.01 Å². The molecule has 1 saturated heterocycles. The van der Waals surface area contributed by atoms with Gasteiger partial charge in [-0.2, -0.15) is 0 Å². The Morgan fingerprint density at radius 1 is 0.970 bits per heavy atom. The van der Waals surface area contributed by atoms with E-state index in [0.717, 1.165) is 6.07 Å². The molecule has 3 aromatic rings. The standard InChI is InChI=1S/C22H23F4N5O2/c1-12(14-7-15(20(23)24)9-16(8-14)21(25)26)27-22-17-11-31(30-3-5-33-6-4-30)19(32)10-18(17)28-13(2)29-22/h7-12,20-21H,3-6H2,1-2H3,(H,27,28,29). The zero-order chi connectivity index (χ0) is 23.7.